The Morgan fingerprint density at radius 3 is 3.06 bits per heavy atom. The second kappa shape index (κ2) is 6.85. The number of hydrogen-bond donors (Lipinski definition) is 2. The van der Waals surface area contributed by atoms with Crippen LogP contribution in [-0.4, -0.2) is 22.8 Å². The van der Waals surface area contributed by atoms with Gasteiger partial charge in [-0.2, -0.15) is 0 Å². The summed E-state index contributed by atoms with van der Waals surface area (Å²) in [4.78, 5) is 15.3. The van der Waals surface area contributed by atoms with E-state index in [0.717, 1.165) is 12.8 Å². The smallest absolute Gasteiger partial charge is 0.412 e. The summed E-state index contributed by atoms with van der Waals surface area (Å²) in [7, 11) is 0. The Balaban J connectivity index is 2.50. The van der Waals surface area contributed by atoms with Crippen molar-refractivity contribution in [3.05, 3.63) is 23.9 Å². The van der Waals surface area contributed by atoms with Crippen LogP contribution in [0, 0.1) is 0 Å². The summed E-state index contributed by atoms with van der Waals surface area (Å²) in [6.07, 6.45) is 2.24. The van der Waals surface area contributed by atoms with Crippen molar-refractivity contribution >= 4 is 11.9 Å². The fraction of sp³-hybridized carbons (Fsp3) is 0.500. The molecule has 94 valence electrons. The number of ether oxygens (including phenoxy) is 1. The number of aromatic nitrogens is 1. The average molecular weight is 238 g/mol. The molecule has 0 radical (unpaired) electrons. The number of anilines is 1. The highest BCUT2D eigenvalue weighted by Crippen LogP contribution is 2.14. The van der Waals surface area contributed by atoms with Crippen LogP contribution in [0.15, 0.2) is 18.3 Å². The molecule has 1 unspecified atom stereocenters. The van der Waals surface area contributed by atoms with Gasteiger partial charge in [0.15, 0.2) is 0 Å². The van der Waals surface area contributed by atoms with Crippen molar-refractivity contribution < 1.29 is 14.6 Å². The van der Waals surface area contributed by atoms with Gasteiger partial charge >= 0.3 is 6.09 Å². The van der Waals surface area contributed by atoms with E-state index in [0.29, 0.717) is 18.0 Å². The van der Waals surface area contributed by atoms with Crippen molar-refractivity contribution in [2.24, 2.45) is 0 Å². The van der Waals surface area contributed by atoms with Crippen molar-refractivity contribution in [2.45, 2.75) is 32.8 Å². The van der Waals surface area contributed by atoms with Gasteiger partial charge < -0.3 is 9.84 Å². The van der Waals surface area contributed by atoms with Gasteiger partial charge in [0.2, 0.25) is 0 Å². The fourth-order valence-corrected chi connectivity index (χ4v) is 1.22. The minimum absolute atomic E-state index is 0.380. The standard InChI is InChI=1S/C12H18N2O3/c1-3-4-7-17-12(16)14-11-8-10(9(2)15)5-6-13-11/h5-6,8-9,15H,3-4,7H2,1-2H3,(H,13,14,16). The summed E-state index contributed by atoms with van der Waals surface area (Å²) < 4.78 is 4.93. The maximum absolute atomic E-state index is 11.3. The number of nitrogens with zero attached hydrogens (tertiary/aromatic N) is 1. The molecule has 0 saturated heterocycles. The number of carbonyl (C=O) groups excluding carboxylic acids is 1. The van der Waals surface area contributed by atoms with Gasteiger partial charge in [-0.15, -0.1) is 0 Å². The Hall–Kier alpha value is -1.62. The van der Waals surface area contributed by atoms with Crippen molar-refractivity contribution in [2.75, 3.05) is 11.9 Å². The van der Waals surface area contributed by atoms with E-state index in [2.05, 4.69) is 10.3 Å². The molecular weight excluding hydrogens is 220 g/mol. The van der Waals surface area contributed by atoms with E-state index in [-0.39, 0.29) is 0 Å². The Morgan fingerprint density at radius 2 is 2.41 bits per heavy atom. The predicted octanol–water partition coefficient (Wildman–Crippen LogP) is 2.48. The second-order valence-corrected chi connectivity index (χ2v) is 3.76. The summed E-state index contributed by atoms with van der Waals surface area (Å²) >= 11 is 0. The highest BCUT2D eigenvalue weighted by Gasteiger charge is 2.06. The molecule has 1 atom stereocenters. The normalized spacial score (nSPS) is 11.9. The van der Waals surface area contributed by atoms with E-state index in [4.69, 9.17) is 4.74 Å². The Morgan fingerprint density at radius 1 is 1.65 bits per heavy atom. The molecule has 0 saturated carbocycles. The number of hydrogen-bond acceptors (Lipinski definition) is 4. The van der Waals surface area contributed by atoms with Crippen LogP contribution in [0.2, 0.25) is 0 Å². The quantitative estimate of drug-likeness (QED) is 0.773. The number of carbonyl (C=O) groups is 1. The summed E-state index contributed by atoms with van der Waals surface area (Å²) in [6.45, 7) is 4.08. The maximum Gasteiger partial charge on any atom is 0.412 e. The molecule has 0 spiro atoms. The van der Waals surface area contributed by atoms with Crippen molar-refractivity contribution in [1.82, 2.24) is 4.98 Å². The zero-order chi connectivity index (χ0) is 12.7. The molecule has 2 N–H and O–H groups in total. The lowest BCUT2D eigenvalue weighted by molar-refractivity contribution is 0.159. The van der Waals surface area contributed by atoms with Crippen LogP contribution >= 0.6 is 0 Å². The number of rotatable bonds is 5. The van der Waals surface area contributed by atoms with Crippen molar-refractivity contribution in [1.29, 1.82) is 0 Å². The first kappa shape index (κ1) is 13.4. The fourth-order valence-electron chi connectivity index (χ4n) is 1.22. The van der Waals surface area contributed by atoms with E-state index < -0.39 is 12.2 Å². The molecular formula is C12H18N2O3. The van der Waals surface area contributed by atoms with E-state index in [1.807, 2.05) is 6.92 Å². The number of pyridine rings is 1. The van der Waals surface area contributed by atoms with Gasteiger partial charge in [-0.25, -0.2) is 9.78 Å². The molecule has 17 heavy (non-hydrogen) atoms. The van der Waals surface area contributed by atoms with Gasteiger partial charge in [0.1, 0.15) is 5.82 Å². The summed E-state index contributed by atoms with van der Waals surface area (Å²) in [5.41, 5.74) is 0.698. The van der Waals surface area contributed by atoms with Crippen molar-refractivity contribution in [3.8, 4) is 0 Å². The summed E-state index contributed by atoms with van der Waals surface area (Å²) in [5, 5.41) is 11.9. The Bertz CT molecular complexity index is 367. The molecule has 1 amide bonds. The van der Waals surface area contributed by atoms with Crippen molar-refractivity contribution in [3.63, 3.8) is 0 Å². The number of aliphatic hydroxyl groups excluding tert-OH is 1. The lowest BCUT2D eigenvalue weighted by atomic mass is 10.2. The first-order valence-electron chi connectivity index (χ1n) is 5.71. The van der Waals surface area contributed by atoms with E-state index >= 15 is 0 Å². The molecule has 1 rings (SSSR count). The summed E-state index contributed by atoms with van der Waals surface area (Å²) in [5.74, 6) is 0.380. The van der Waals surface area contributed by atoms with Crippen LogP contribution in [0.1, 0.15) is 38.4 Å². The molecule has 1 aromatic heterocycles. The maximum atomic E-state index is 11.3. The largest absolute Gasteiger partial charge is 0.449 e. The molecule has 1 aromatic rings. The van der Waals surface area contributed by atoms with Gasteiger partial charge in [-0.1, -0.05) is 13.3 Å². The van der Waals surface area contributed by atoms with E-state index in [1.54, 1.807) is 19.1 Å². The second-order valence-electron chi connectivity index (χ2n) is 3.76. The van der Waals surface area contributed by atoms with Gasteiger partial charge in [-0.3, -0.25) is 5.32 Å². The molecule has 0 bridgehead atoms. The van der Waals surface area contributed by atoms with Crippen LogP contribution in [0.25, 0.3) is 0 Å². The number of aliphatic hydroxyl groups is 1. The molecule has 0 aliphatic heterocycles. The molecule has 5 heteroatoms. The number of amides is 1. The zero-order valence-corrected chi connectivity index (χ0v) is 10.1. The van der Waals surface area contributed by atoms with Crippen LogP contribution in [0.3, 0.4) is 0 Å². The third-order valence-corrected chi connectivity index (χ3v) is 2.23. The van der Waals surface area contributed by atoms with Crippen LogP contribution in [0.5, 0.6) is 0 Å². The van der Waals surface area contributed by atoms with E-state index in [1.165, 1.54) is 6.20 Å². The topological polar surface area (TPSA) is 71.5 Å². The molecule has 0 fully saturated rings. The van der Waals surface area contributed by atoms with Crippen LogP contribution in [0.4, 0.5) is 10.6 Å². The number of unbranched alkanes of at least 4 members (excludes halogenated alkanes) is 1. The molecule has 1 heterocycles. The lowest BCUT2D eigenvalue weighted by Gasteiger charge is -2.08. The summed E-state index contributed by atoms with van der Waals surface area (Å²) in [6, 6.07) is 3.31. The van der Waals surface area contributed by atoms with Gasteiger partial charge in [0.05, 0.1) is 12.7 Å². The van der Waals surface area contributed by atoms with Gasteiger partial charge in [-0.05, 0) is 31.0 Å². The highest BCUT2D eigenvalue weighted by atomic mass is 16.5. The first-order valence-corrected chi connectivity index (χ1v) is 5.71. The number of nitrogens with one attached hydrogen (secondary N) is 1. The highest BCUT2D eigenvalue weighted by molar-refractivity contribution is 5.83. The third kappa shape index (κ3) is 4.82. The first-order chi connectivity index (χ1) is 8.13. The SMILES string of the molecule is CCCCOC(=O)Nc1cc(C(C)O)ccn1. The zero-order valence-electron chi connectivity index (χ0n) is 10.1. The van der Waals surface area contributed by atoms with Crippen LogP contribution < -0.4 is 5.32 Å². The molecule has 0 aliphatic rings. The van der Waals surface area contributed by atoms with E-state index in [9.17, 15) is 9.90 Å². The minimum atomic E-state index is -0.588. The van der Waals surface area contributed by atoms with Gasteiger partial charge in [0.25, 0.3) is 0 Å². The molecule has 5 nitrogen and oxygen atoms in total. The lowest BCUT2D eigenvalue weighted by Crippen LogP contribution is -2.15. The predicted molar refractivity (Wildman–Crippen MR) is 64.7 cm³/mol. The third-order valence-electron chi connectivity index (χ3n) is 2.23. The molecule has 0 aromatic carbocycles. The Kier molecular flexibility index (Phi) is 5.42. The Labute approximate surface area is 101 Å². The minimum Gasteiger partial charge on any atom is -0.449 e. The molecule has 0 aliphatic carbocycles. The average Bonchev–Trinajstić information content (AvgIpc) is 2.29. The van der Waals surface area contributed by atoms with Crippen LogP contribution in [-0.2, 0) is 4.74 Å². The van der Waals surface area contributed by atoms with Gasteiger partial charge in [0, 0.05) is 6.20 Å². The monoisotopic (exact) mass is 238 g/mol.